The molecule has 0 radical (unpaired) electrons. The van der Waals surface area contributed by atoms with E-state index < -0.39 is 6.10 Å². The summed E-state index contributed by atoms with van der Waals surface area (Å²) in [7, 11) is 3.08. The van der Waals surface area contributed by atoms with Gasteiger partial charge in [0.25, 0.3) is 5.91 Å². The number of nitrogens with zero attached hydrogens (tertiary/aromatic N) is 2. The van der Waals surface area contributed by atoms with Crippen molar-refractivity contribution in [2.45, 2.75) is 25.0 Å². The van der Waals surface area contributed by atoms with Gasteiger partial charge in [0.15, 0.2) is 0 Å². The second kappa shape index (κ2) is 10.2. The average Bonchev–Trinajstić information content (AvgIpc) is 3.14. The van der Waals surface area contributed by atoms with E-state index in [1.807, 2.05) is 28.8 Å². The van der Waals surface area contributed by atoms with Gasteiger partial charge < -0.3 is 25.0 Å². The van der Waals surface area contributed by atoms with Crippen molar-refractivity contribution in [3.05, 3.63) is 64.1 Å². The molecule has 2 heterocycles. The second-order valence-corrected chi connectivity index (χ2v) is 7.90. The number of likely N-dealkylation sites (tertiary alicyclic amines) is 1. The number of aromatic nitrogens is 2. The van der Waals surface area contributed by atoms with E-state index in [0.717, 1.165) is 37.0 Å². The van der Waals surface area contributed by atoms with Crippen molar-refractivity contribution in [2.24, 2.45) is 0 Å². The fraction of sp³-hybridized carbons (Fsp3) is 0.391. The zero-order valence-electron chi connectivity index (χ0n) is 18.2. The molecule has 1 saturated heterocycles. The van der Waals surface area contributed by atoms with Crippen molar-refractivity contribution in [1.29, 1.82) is 0 Å². The molecule has 172 valence electrons. The first-order chi connectivity index (χ1) is 15.0. The Labute approximate surface area is 192 Å². The molecule has 1 aromatic heterocycles. The van der Waals surface area contributed by atoms with Crippen molar-refractivity contribution in [2.75, 3.05) is 33.8 Å². The van der Waals surface area contributed by atoms with E-state index in [-0.39, 0.29) is 30.0 Å². The third kappa shape index (κ3) is 4.67. The molecule has 1 aliphatic rings. The molecule has 8 nitrogen and oxygen atoms in total. The van der Waals surface area contributed by atoms with Crippen molar-refractivity contribution in [3.8, 4) is 5.75 Å². The first kappa shape index (κ1) is 23.8. The van der Waals surface area contributed by atoms with Crippen LogP contribution in [0.2, 0.25) is 0 Å². The van der Waals surface area contributed by atoms with Crippen molar-refractivity contribution >= 4 is 29.3 Å². The number of carbonyl (C=O) groups is 1. The molecule has 0 aliphatic carbocycles. The number of H-pyrrole nitrogens is 1. The largest absolute Gasteiger partial charge is 0.496 e. The minimum Gasteiger partial charge on any atom is -0.496 e. The number of hydrogen-bond acceptors (Lipinski definition) is 5. The van der Waals surface area contributed by atoms with Crippen molar-refractivity contribution in [1.82, 2.24) is 19.8 Å². The van der Waals surface area contributed by atoms with Gasteiger partial charge in [0, 0.05) is 32.7 Å². The summed E-state index contributed by atoms with van der Waals surface area (Å²) in [5, 5.41) is 13.4. The lowest BCUT2D eigenvalue weighted by molar-refractivity contribution is 0.0902. The number of piperidine rings is 1. The Balaban J connectivity index is 0.00000289. The molecule has 3 aromatic rings. The Morgan fingerprint density at radius 3 is 2.66 bits per heavy atom. The van der Waals surface area contributed by atoms with Gasteiger partial charge in [-0.25, -0.2) is 4.79 Å². The van der Waals surface area contributed by atoms with Crippen LogP contribution in [-0.2, 0) is 0 Å². The summed E-state index contributed by atoms with van der Waals surface area (Å²) >= 11 is 0. The molecular weight excluding hydrogens is 432 g/mol. The predicted molar refractivity (Wildman–Crippen MR) is 126 cm³/mol. The number of β-amino-alcohol motifs (C(OH)–C–C–N with tert-alkyl or cyclic N) is 1. The number of fused-ring (bicyclic) bond motifs is 1. The molecule has 1 aliphatic heterocycles. The highest BCUT2D eigenvalue weighted by atomic mass is 35.5. The maximum atomic E-state index is 12.5. The highest BCUT2D eigenvalue weighted by Crippen LogP contribution is 2.28. The number of rotatable bonds is 6. The summed E-state index contributed by atoms with van der Waals surface area (Å²) in [6, 6.07) is 13.1. The number of aromatic amines is 1. The molecule has 3 N–H and O–H groups in total. The van der Waals surface area contributed by atoms with E-state index in [1.54, 1.807) is 25.2 Å². The van der Waals surface area contributed by atoms with Crippen LogP contribution in [0.15, 0.2) is 47.3 Å². The number of methoxy groups -OCH3 is 1. The zero-order chi connectivity index (χ0) is 22.0. The standard InChI is InChI=1S/C23H28N4O4.ClH/c1-24-22(29)17-13-15(7-8-21(17)31-2)20(28)14-26-11-9-16(10-12-26)27-19-6-4-3-5-18(19)25-23(27)30;/h3-8,13,16,20,28H,9-12,14H2,1-2H3,(H,24,29)(H,25,30);1H. The first-order valence-corrected chi connectivity index (χ1v) is 10.5. The molecule has 9 heteroatoms. The predicted octanol–water partition coefficient (Wildman–Crippen LogP) is 2.49. The molecule has 32 heavy (non-hydrogen) atoms. The number of aliphatic hydroxyl groups is 1. The van der Waals surface area contributed by atoms with E-state index in [2.05, 4.69) is 15.2 Å². The zero-order valence-corrected chi connectivity index (χ0v) is 19.0. The summed E-state index contributed by atoms with van der Waals surface area (Å²) in [5.41, 5.74) is 2.80. The highest BCUT2D eigenvalue weighted by Gasteiger charge is 2.25. The third-order valence-electron chi connectivity index (χ3n) is 6.06. The summed E-state index contributed by atoms with van der Waals surface area (Å²) in [6.45, 7) is 2.03. The van der Waals surface area contributed by atoms with Crippen LogP contribution in [0.1, 0.15) is 40.9 Å². The molecule has 1 amide bonds. The summed E-state index contributed by atoms with van der Waals surface area (Å²) in [6.07, 6.45) is 0.947. The fourth-order valence-corrected chi connectivity index (χ4v) is 4.39. The van der Waals surface area contributed by atoms with E-state index in [4.69, 9.17) is 4.74 Å². The van der Waals surface area contributed by atoms with Gasteiger partial charge in [-0.1, -0.05) is 18.2 Å². The number of hydrogen-bond donors (Lipinski definition) is 3. The molecular formula is C23H29ClN4O4. The number of halogens is 1. The SMILES string of the molecule is CNC(=O)c1cc(C(O)CN2CCC(n3c(=O)[nH]c4ccccc43)CC2)ccc1OC.Cl. The Hall–Kier alpha value is -2.81. The number of aliphatic hydroxyl groups excluding tert-OH is 1. The number of carbonyl (C=O) groups excluding carboxylic acids is 1. The topological polar surface area (TPSA) is 99.6 Å². The Bertz CT molecular complexity index is 1130. The molecule has 1 unspecified atom stereocenters. The van der Waals surface area contributed by atoms with Crippen LogP contribution in [0.5, 0.6) is 5.75 Å². The molecule has 4 rings (SSSR count). The van der Waals surface area contributed by atoms with Gasteiger partial charge in [0.05, 0.1) is 29.8 Å². The summed E-state index contributed by atoms with van der Waals surface area (Å²) in [4.78, 5) is 29.7. The number of imidazole rings is 1. The van der Waals surface area contributed by atoms with Gasteiger partial charge in [-0.2, -0.15) is 0 Å². The number of nitrogens with one attached hydrogen (secondary N) is 2. The van der Waals surface area contributed by atoms with E-state index in [1.165, 1.54) is 7.11 Å². The van der Waals surface area contributed by atoms with Crippen LogP contribution in [0.4, 0.5) is 0 Å². The smallest absolute Gasteiger partial charge is 0.326 e. The molecule has 2 aromatic carbocycles. The minimum absolute atomic E-state index is 0. The molecule has 0 spiro atoms. The maximum Gasteiger partial charge on any atom is 0.326 e. The van der Waals surface area contributed by atoms with Crippen LogP contribution in [0, 0.1) is 0 Å². The van der Waals surface area contributed by atoms with Gasteiger partial charge in [-0.3, -0.25) is 9.36 Å². The highest BCUT2D eigenvalue weighted by molar-refractivity contribution is 5.97. The van der Waals surface area contributed by atoms with Gasteiger partial charge in [-0.15, -0.1) is 12.4 Å². The lowest BCUT2D eigenvalue weighted by Crippen LogP contribution is -2.39. The minimum atomic E-state index is -0.721. The van der Waals surface area contributed by atoms with Crippen LogP contribution < -0.4 is 15.7 Å². The van der Waals surface area contributed by atoms with E-state index in [9.17, 15) is 14.7 Å². The Morgan fingerprint density at radius 2 is 1.97 bits per heavy atom. The third-order valence-corrected chi connectivity index (χ3v) is 6.06. The number of benzene rings is 2. The maximum absolute atomic E-state index is 12.5. The van der Waals surface area contributed by atoms with Gasteiger partial charge in [0.2, 0.25) is 0 Å². The van der Waals surface area contributed by atoms with Gasteiger partial charge in [-0.05, 0) is 42.7 Å². The average molecular weight is 461 g/mol. The quantitative estimate of drug-likeness (QED) is 0.525. The first-order valence-electron chi connectivity index (χ1n) is 10.5. The summed E-state index contributed by atoms with van der Waals surface area (Å²) < 4.78 is 7.12. The second-order valence-electron chi connectivity index (χ2n) is 7.90. The lowest BCUT2D eigenvalue weighted by Gasteiger charge is -2.33. The molecule has 0 bridgehead atoms. The van der Waals surface area contributed by atoms with Gasteiger partial charge >= 0.3 is 5.69 Å². The normalized spacial score (nSPS) is 15.8. The van der Waals surface area contributed by atoms with Crippen LogP contribution in [0.25, 0.3) is 11.0 Å². The Morgan fingerprint density at radius 1 is 1.25 bits per heavy atom. The number of ether oxygens (including phenoxy) is 1. The van der Waals surface area contributed by atoms with Crippen LogP contribution in [-0.4, -0.2) is 59.3 Å². The van der Waals surface area contributed by atoms with Crippen molar-refractivity contribution in [3.63, 3.8) is 0 Å². The van der Waals surface area contributed by atoms with Crippen molar-refractivity contribution < 1.29 is 14.6 Å². The number of amides is 1. The van der Waals surface area contributed by atoms with Crippen LogP contribution in [0.3, 0.4) is 0 Å². The number of para-hydroxylation sites is 2. The summed E-state index contributed by atoms with van der Waals surface area (Å²) in [5.74, 6) is 0.219. The molecule has 1 atom stereocenters. The van der Waals surface area contributed by atoms with E-state index >= 15 is 0 Å². The van der Waals surface area contributed by atoms with Crippen LogP contribution >= 0.6 is 12.4 Å². The lowest BCUT2D eigenvalue weighted by atomic mass is 10.0. The van der Waals surface area contributed by atoms with Gasteiger partial charge in [0.1, 0.15) is 5.75 Å². The fourth-order valence-electron chi connectivity index (χ4n) is 4.39. The molecule has 1 fully saturated rings. The molecule has 0 saturated carbocycles. The van der Waals surface area contributed by atoms with E-state index in [0.29, 0.717) is 23.4 Å². The Kier molecular flexibility index (Phi) is 7.60. The monoisotopic (exact) mass is 460 g/mol.